The summed E-state index contributed by atoms with van der Waals surface area (Å²) in [6.45, 7) is 4.93. The molecule has 3 heteroatoms. The van der Waals surface area contributed by atoms with Gasteiger partial charge in [0.2, 0.25) is 0 Å². The van der Waals surface area contributed by atoms with Crippen molar-refractivity contribution >= 4 is 0 Å². The minimum absolute atomic E-state index is 0. The lowest BCUT2D eigenvalue weighted by Crippen LogP contribution is -3.07. The molecule has 0 spiro atoms. The first-order chi connectivity index (χ1) is 6.56. The monoisotopic (exact) mass is 231 g/mol. The van der Waals surface area contributed by atoms with Crippen molar-refractivity contribution in [2.24, 2.45) is 0 Å². The summed E-state index contributed by atoms with van der Waals surface area (Å²) < 4.78 is 0. The third-order valence-corrected chi connectivity index (χ3v) is 1.96. The zero-order chi connectivity index (χ0) is 11.0. The SMILES string of the molecule is CC/C(C)=C\C#CCC(O)C[NH+](C)C.[Cl-]. The second-order valence-electron chi connectivity index (χ2n) is 3.93. The molecule has 0 bridgehead atoms. The fourth-order valence-electron chi connectivity index (χ4n) is 0.996. The molecule has 1 unspecified atom stereocenters. The Bertz CT molecular complexity index is 238. The summed E-state index contributed by atoms with van der Waals surface area (Å²) in [5.41, 5.74) is 1.28. The molecule has 0 rings (SSSR count). The summed E-state index contributed by atoms with van der Waals surface area (Å²) in [4.78, 5) is 1.25. The van der Waals surface area contributed by atoms with Crippen LogP contribution in [0.25, 0.3) is 0 Å². The summed E-state index contributed by atoms with van der Waals surface area (Å²) >= 11 is 0. The maximum atomic E-state index is 9.50. The lowest BCUT2D eigenvalue weighted by molar-refractivity contribution is -0.861. The van der Waals surface area contributed by atoms with Gasteiger partial charge in [0.1, 0.15) is 12.6 Å². The summed E-state index contributed by atoms with van der Waals surface area (Å²) in [7, 11) is 4.05. The van der Waals surface area contributed by atoms with E-state index in [2.05, 4.69) is 25.7 Å². The van der Waals surface area contributed by atoms with Gasteiger partial charge in [-0.05, 0) is 19.4 Å². The molecular weight excluding hydrogens is 210 g/mol. The molecule has 0 aromatic heterocycles. The number of hydrogen-bond acceptors (Lipinski definition) is 1. The summed E-state index contributed by atoms with van der Waals surface area (Å²) in [5.74, 6) is 5.92. The Morgan fingerprint density at radius 1 is 1.47 bits per heavy atom. The predicted molar refractivity (Wildman–Crippen MR) is 60.1 cm³/mol. The summed E-state index contributed by atoms with van der Waals surface area (Å²) in [6.07, 6.45) is 3.23. The van der Waals surface area contributed by atoms with E-state index < -0.39 is 0 Å². The number of quaternary nitrogens is 1. The number of aliphatic hydroxyl groups is 1. The molecule has 0 amide bonds. The topological polar surface area (TPSA) is 24.7 Å². The smallest absolute Gasteiger partial charge is 0.114 e. The van der Waals surface area contributed by atoms with Crippen LogP contribution in [-0.4, -0.2) is 31.9 Å². The molecule has 88 valence electrons. The second kappa shape index (κ2) is 10.0. The lowest BCUT2D eigenvalue weighted by atomic mass is 10.2. The number of halogens is 1. The molecule has 1 atom stereocenters. The molecule has 15 heavy (non-hydrogen) atoms. The zero-order valence-corrected chi connectivity index (χ0v) is 10.9. The van der Waals surface area contributed by atoms with Crippen LogP contribution >= 0.6 is 0 Å². The number of rotatable bonds is 4. The highest BCUT2D eigenvalue weighted by Crippen LogP contribution is 1.95. The molecule has 2 nitrogen and oxygen atoms in total. The highest BCUT2D eigenvalue weighted by atomic mass is 35.5. The summed E-state index contributed by atoms with van der Waals surface area (Å²) in [5, 5.41) is 9.50. The first kappa shape index (κ1) is 16.9. The lowest BCUT2D eigenvalue weighted by Gasteiger charge is -2.10. The van der Waals surface area contributed by atoms with Gasteiger partial charge in [-0.3, -0.25) is 0 Å². The molecular formula is C12H22ClNO. The van der Waals surface area contributed by atoms with Gasteiger partial charge in [0, 0.05) is 6.42 Å². The fourth-order valence-corrected chi connectivity index (χ4v) is 0.996. The van der Waals surface area contributed by atoms with Crippen molar-refractivity contribution in [3.63, 3.8) is 0 Å². The molecule has 2 N–H and O–H groups in total. The fraction of sp³-hybridized carbons (Fsp3) is 0.667. The van der Waals surface area contributed by atoms with E-state index in [1.54, 1.807) is 0 Å². The Labute approximate surface area is 99.8 Å². The number of aliphatic hydroxyl groups excluding tert-OH is 1. The second-order valence-corrected chi connectivity index (χ2v) is 3.93. The van der Waals surface area contributed by atoms with E-state index in [-0.39, 0.29) is 18.5 Å². The van der Waals surface area contributed by atoms with Crippen LogP contribution in [0.3, 0.4) is 0 Å². The third-order valence-electron chi connectivity index (χ3n) is 1.96. The highest BCUT2D eigenvalue weighted by Gasteiger charge is 2.04. The van der Waals surface area contributed by atoms with Crippen LogP contribution < -0.4 is 17.3 Å². The van der Waals surface area contributed by atoms with E-state index in [0.29, 0.717) is 6.42 Å². The van der Waals surface area contributed by atoms with Gasteiger partial charge in [-0.1, -0.05) is 24.3 Å². The largest absolute Gasteiger partial charge is 1.00 e. The van der Waals surface area contributed by atoms with Crippen molar-refractivity contribution in [1.29, 1.82) is 0 Å². The average Bonchev–Trinajstić information content (AvgIpc) is 2.10. The van der Waals surface area contributed by atoms with Gasteiger partial charge in [-0.15, -0.1) is 0 Å². The van der Waals surface area contributed by atoms with Crippen molar-refractivity contribution in [2.45, 2.75) is 32.8 Å². The first-order valence-electron chi connectivity index (χ1n) is 5.17. The normalized spacial score (nSPS) is 12.8. The van der Waals surface area contributed by atoms with Gasteiger partial charge in [0.05, 0.1) is 14.1 Å². The van der Waals surface area contributed by atoms with E-state index in [4.69, 9.17) is 0 Å². The molecule has 0 aliphatic heterocycles. The van der Waals surface area contributed by atoms with E-state index >= 15 is 0 Å². The Morgan fingerprint density at radius 2 is 2.07 bits per heavy atom. The van der Waals surface area contributed by atoms with Gasteiger partial charge >= 0.3 is 0 Å². The van der Waals surface area contributed by atoms with E-state index in [1.807, 2.05) is 20.2 Å². The van der Waals surface area contributed by atoms with Crippen LogP contribution in [-0.2, 0) is 0 Å². The van der Waals surface area contributed by atoms with E-state index in [0.717, 1.165) is 13.0 Å². The van der Waals surface area contributed by atoms with Gasteiger partial charge in [-0.2, -0.15) is 0 Å². The van der Waals surface area contributed by atoms with Crippen molar-refractivity contribution in [1.82, 2.24) is 0 Å². The molecule has 0 fully saturated rings. The minimum atomic E-state index is -0.303. The van der Waals surface area contributed by atoms with Crippen LogP contribution in [0.2, 0.25) is 0 Å². The Balaban J connectivity index is 0. The molecule has 0 aromatic rings. The zero-order valence-electron chi connectivity index (χ0n) is 10.1. The molecule has 0 saturated heterocycles. The number of hydrogen-bond donors (Lipinski definition) is 2. The standard InChI is InChI=1S/C12H21NO.ClH/c1-5-11(2)8-6-7-9-12(14)10-13(3)4;/h8,12,14H,5,9-10H2,1-4H3;1H/b11-8-;. The van der Waals surface area contributed by atoms with Crippen molar-refractivity contribution in [3.05, 3.63) is 11.6 Å². The van der Waals surface area contributed by atoms with Gasteiger partial charge in [0.25, 0.3) is 0 Å². The van der Waals surface area contributed by atoms with Crippen LogP contribution in [0.1, 0.15) is 26.7 Å². The van der Waals surface area contributed by atoms with Crippen molar-refractivity contribution in [3.8, 4) is 11.8 Å². The van der Waals surface area contributed by atoms with Crippen LogP contribution in [0.5, 0.6) is 0 Å². The maximum absolute atomic E-state index is 9.50. The third kappa shape index (κ3) is 11.4. The highest BCUT2D eigenvalue weighted by molar-refractivity contribution is 5.20. The Kier molecular flexibility index (Phi) is 11.3. The molecule has 0 aliphatic carbocycles. The van der Waals surface area contributed by atoms with Gasteiger partial charge in [-0.25, -0.2) is 0 Å². The summed E-state index contributed by atoms with van der Waals surface area (Å²) in [6, 6.07) is 0. The van der Waals surface area contributed by atoms with E-state index in [1.165, 1.54) is 10.5 Å². The number of allylic oxidation sites excluding steroid dienone is 2. The van der Waals surface area contributed by atoms with Crippen LogP contribution in [0.4, 0.5) is 0 Å². The van der Waals surface area contributed by atoms with Crippen LogP contribution in [0, 0.1) is 11.8 Å². The van der Waals surface area contributed by atoms with Gasteiger partial charge in [0.15, 0.2) is 0 Å². The molecule has 0 saturated carbocycles. The van der Waals surface area contributed by atoms with Gasteiger partial charge < -0.3 is 22.4 Å². The average molecular weight is 232 g/mol. The molecule has 0 aliphatic rings. The first-order valence-corrected chi connectivity index (χ1v) is 5.17. The minimum Gasteiger partial charge on any atom is -1.00 e. The molecule has 0 heterocycles. The predicted octanol–water partition coefficient (Wildman–Crippen LogP) is -2.75. The van der Waals surface area contributed by atoms with E-state index in [9.17, 15) is 5.11 Å². The molecule has 0 aromatic carbocycles. The van der Waals surface area contributed by atoms with Crippen molar-refractivity contribution < 1.29 is 22.4 Å². The number of nitrogens with one attached hydrogen (secondary N) is 1. The number of likely N-dealkylation sites (N-methyl/N-ethyl adjacent to an activating group) is 1. The maximum Gasteiger partial charge on any atom is 0.114 e. The molecule has 0 radical (unpaired) electrons. The Hall–Kier alpha value is -0.490. The van der Waals surface area contributed by atoms with Crippen molar-refractivity contribution in [2.75, 3.05) is 20.6 Å². The Morgan fingerprint density at radius 3 is 2.53 bits per heavy atom. The van der Waals surface area contributed by atoms with Crippen LogP contribution in [0.15, 0.2) is 11.6 Å². The quantitative estimate of drug-likeness (QED) is 0.504.